The molecule has 6 nitrogen and oxygen atoms in total. The quantitative estimate of drug-likeness (QED) is 0.517. The molecule has 0 atom stereocenters. The van der Waals surface area contributed by atoms with Gasteiger partial charge in [0.2, 0.25) is 0 Å². The van der Waals surface area contributed by atoms with Crippen LogP contribution in [0.15, 0.2) is 49.2 Å². The molecule has 0 N–H and O–H groups in total. The van der Waals surface area contributed by atoms with Crippen LogP contribution in [-0.4, -0.2) is 31.4 Å². The van der Waals surface area contributed by atoms with Crippen molar-refractivity contribution in [2.24, 2.45) is 14.1 Å². The van der Waals surface area contributed by atoms with E-state index in [0.717, 1.165) is 34.5 Å². The normalized spacial score (nSPS) is 10.6. The molecule has 28 heavy (non-hydrogen) atoms. The zero-order valence-electron chi connectivity index (χ0n) is 17.5. The minimum Gasteiger partial charge on any atom is -0.334 e. The van der Waals surface area contributed by atoms with Crippen molar-refractivity contribution in [1.82, 2.24) is 24.3 Å². The van der Waals surface area contributed by atoms with Gasteiger partial charge in [-0.15, -0.1) is 0 Å². The first kappa shape index (κ1) is 19.6. The predicted octanol–water partition coefficient (Wildman–Crippen LogP) is 4.73. The van der Waals surface area contributed by atoms with Gasteiger partial charge in [-0.1, -0.05) is 26.8 Å². The predicted molar refractivity (Wildman–Crippen MR) is 116 cm³/mol. The Bertz CT molecular complexity index is 1080. The van der Waals surface area contributed by atoms with Gasteiger partial charge in [0, 0.05) is 44.7 Å². The zero-order chi connectivity index (χ0) is 20.3. The molecule has 1 aromatic carbocycles. The van der Waals surface area contributed by atoms with Crippen LogP contribution >= 0.6 is 0 Å². The summed E-state index contributed by atoms with van der Waals surface area (Å²) in [5, 5.41) is 4.27. The van der Waals surface area contributed by atoms with Gasteiger partial charge in [-0.25, -0.2) is 9.97 Å². The Labute approximate surface area is 166 Å². The number of nitrogens with zero attached hydrogens (tertiary/aromatic N) is 6. The number of hydrogen-bond acceptors (Lipinski definition) is 4. The molecule has 0 bridgehead atoms. The summed E-state index contributed by atoms with van der Waals surface area (Å²) in [6, 6.07) is 8.63. The van der Waals surface area contributed by atoms with E-state index >= 15 is 0 Å². The number of rotatable bonds is 4. The van der Waals surface area contributed by atoms with Crippen LogP contribution in [0.3, 0.4) is 0 Å². The fourth-order valence-corrected chi connectivity index (χ4v) is 3.27. The largest absolute Gasteiger partial charge is 0.334 e. The average molecular weight is 377 g/mol. The molecule has 0 saturated heterocycles. The van der Waals surface area contributed by atoms with Crippen molar-refractivity contribution >= 4 is 22.5 Å². The Balaban J connectivity index is 0.00000109. The van der Waals surface area contributed by atoms with Crippen molar-refractivity contribution in [3.63, 3.8) is 0 Å². The van der Waals surface area contributed by atoms with Crippen LogP contribution in [0, 0.1) is 0 Å². The molecule has 0 spiro atoms. The molecule has 0 unspecified atom stereocenters. The molecule has 0 aliphatic carbocycles. The molecule has 146 valence electrons. The second kappa shape index (κ2) is 8.25. The second-order valence-electron chi connectivity index (χ2n) is 6.55. The number of hydrogen-bond donors (Lipinski definition) is 0. The number of anilines is 2. The first-order chi connectivity index (χ1) is 13.6. The van der Waals surface area contributed by atoms with Crippen LogP contribution in [0.2, 0.25) is 0 Å². The van der Waals surface area contributed by atoms with Gasteiger partial charge in [0.25, 0.3) is 0 Å². The highest BCUT2D eigenvalue weighted by atomic mass is 15.2. The van der Waals surface area contributed by atoms with E-state index in [4.69, 9.17) is 0 Å². The smallest absolute Gasteiger partial charge is 0.134 e. The SMILES string of the molecule is CC.CCc1cc(-c2cnn(C)c2)ccc1N(C)c1cc2c(cn1)ncn2C. The lowest BCUT2D eigenvalue weighted by Gasteiger charge is -2.22. The highest BCUT2D eigenvalue weighted by Gasteiger charge is 2.13. The number of imidazole rings is 1. The van der Waals surface area contributed by atoms with Gasteiger partial charge in [-0.3, -0.25) is 4.68 Å². The Morgan fingerprint density at radius 1 is 1.00 bits per heavy atom. The van der Waals surface area contributed by atoms with Crippen molar-refractivity contribution in [1.29, 1.82) is 0 Å². The number of fused-ring (bicyclic) bond motifs is 1. The number of aryl methyl sites for hydroxylation is 3. The van der Waals surface area contributed by atoms with E-state index in [2.05, 4.69) is 58.2 Å². The fraction of sp³-hybridized carbons (Fsp3) is 0.318. The summed E-state index contributed by atoms with van der Waals surface area (Å²) >= 11 is 0. The highest BCUT2D eigenvalue weighted by Crippen LogP contribution is 2.31. The lowest BCUT2D eigenvalue weighted by atomic mass is 10.0. The van der Waals surface area contributed by atoms with Gasteiger partial charge in [-0.2, -0.15) is 5.10 Å². The van der Waals surface area contributed by atoms with Gasteiger partial charge < -0.3 is 9.47 Å². The van der Waals surface area contributed by atoms with E-state index in [0.29, 0.717) is 0 Å². The van der Waals surface area contributed by atoms with Gasteiger partial charge in [0.05, 0.1) is 24.2 Å². The average Bonchev–Trinajstić information content (AvgIpc) is 3.34. The maximum absolute atomic E-state index is 4.59. The van der Waals surface area contributed by atoms with E-state index in [9.17, 15) is 0 Å². The molecule has 0 aliphatic heterocycles. The Morgan fingerprint density at radius 3 is 2.46 bits per heavy atom. The third-order valence-electron chi connectivity index (χ3n) is 4.80. The lowest BCUT2D eigenvalue weighted by Crippen LogP contribution is -2.13. The van der Waals surface area contributed by atoms with E-state index < -0.39 is 0 Å². The van der Waals surface area contributed by atoms with Crippen molar-refractivity contribution < 1.29 is 0 Å². The molecule has 0 radical (unpaired) electrons. The molecule has 0 aliphatic rings. The van der Waals surface area contributed by atoms with Crippen LogP contribution in [0.4, 0.5) is 11.5 Å². The van der Waals surface area contributed by atoms with Crippen LogP contribution in [0.25, 0.3) is 22.2 Å². The van der Waals surface area contributed by atoms with Gasteiger partial charge >= 0.3 is 0 Å². The van der Waals surface area contributed by atoms with Crippen LogP contribution in [0.5, 0.6) is 0 Å². The van der Waals surface area contributed by atoms with Crippen LogP contribution in [-0.2, 0) is 20.5 Å². The summed E-state index contributed by atoms with van der Waals surface area (Å²) in [4.78, 5) is 11.1. The lowest BCUT2D eigenvalue weighted by molar-refractivity contribution is 0.768. The van der Waals surface area contributed by atoms with Crippen molar-refractivity contribution in [3.8, 4) is 11.1 Å². The molecular weight excluding hydrogens is 348 g/mol. The Kier molecular flexibility index (Phi) is 5.78. The summed E-state index contributed by atoms with van der Waals surface area (Å²) in [5.41, 5.74) is 6.74. The van der Waals surface area contributed by atoms with Gasteiger partial charge in [0.1, 0.15) is 11.3 Å². The third kappa shape index (κ3) is 3.63. The van der Waals surface area contributed by atoms with Gasteiger partial charge in [-0.05, 0) is 29.7 Å². The minimum atomic E-state index is 0.907. The number of pyridine rings is 1. The summed E-state index contributed by atoms with van der Waals surface area (Å²) in [6.45, 7) is 6.18. The Morgan fingerprint density at radius 2 is 1.79 bits per heavy atom. The molecule has 4 rings (SSSR count). The monoisotopic (exact) mass is 376 g/mol. The summed E-state index contributed by atoms with van der Waals surface area (Å²) in [6.07, 6.45) is 8.53. The molecule has 3 aromatic heterocycles. The number of benzene rings is 1. The highest BCUT2D eigenvalue weighted by molar-refractivity contribution is 5.79. The minimum absolute atomic E-state index is 0.907. The molecule has 4 aromatic rings. The van der Waals surface area contributed by atoms with E-state index in [-0.39, 0.29) is 0 Å². The first-order valence-electron chi connectivity index (χ1n) is 9.69. The molecule has 0 amide bonds. The molecular formula is C22H28N6. The third-order valence-corrected chi connectivity index (χ3v) is 4.80. The molecule has 0 fully saturated rings. The second-order valence-corrected chi connectivity index (χ2v) is 6.55. The molecule has 6 heteroatoms. The topological polar surface area (TPSA) is 51.8 Å². The van der Waals surface area contributed by atoms with Crippen LogP contribution < -0.4 is 4.90 Å². The fourth-order valence-electron chi connectivity index (χ4n) is 3.27. The summed E-state index contributed by atoms with van der Waals surface area (Å²) < 4.78 is 3.84. The number of aromatic nitrogens is 5. The zero-order valence-corrected chi connectivity index (χ0v) is 17.5. The first-order valence-corrected chi connectivity index (χ1v) is 9.69. The van der Waals surface area contributed by atoms with E-state index in [1.54, 1.807) is 0 Å². The van der Waals surface area contributed by atoms with Crippen LogP contribution in [0.1, 0.15) is 26.3 Å². The van der Waals surface area contributed by atoms with E-state index in [1.165, 1.54) is 11.1 Å². The maximum Gasteiger partial charge on any atom is 0.134 e. The van der Waals surface area contributed by atoms with Crippen molar-refractivity contribution in [2.75, 3.05) is 11.9 Å². The maximum atomic E-state index is 4.59. The molecule has 3 heterocycles. The standard InChI is InChI=1S/C20H22N6.C2H6/c1-5-14-8-15(16-10-23-25(3)12-16)6-7-18(14)26(4)20-9-19-17(11-21-20)22-13-24(19)2;1-2/h6-13H,5H2,1-4H3;1-2H3. The van der Waals surface area contributed by atoms with Crippen molar-refractivity contribution in [2.45, 2.75) is 27.2 Å². The Hall–Kier alpha value is -3.15. The van der Waals surface area contributed by atoms with E-state index in [1.807, 2.05) is 62.1 Å². The summed E-state index contributed by atoms with van der Waals surface area (Å²) in [5.74, 6) is 0.907. The van der Waals surface area contributed by atoms with Crippen molar-refractivity contribution in [3.05, 3.63) is 54.7 Å². The molecule has 0 saturated carbocycles. The summed E-state index contributed by atoms with van der Waals surface area (Å²) in [7, 11) is 5.99. The van der Waals surface area contributed by atoms with Gasteiger partial charge in [0.15, 0.2) is 0 Å².